The second kappa shape index (κ2) is 13.2. The first-order chi connectivity index (χ1) is 17.8. The molecule has 10 heteroatoms. The fourth-order valence-electron chi connectivity index (χ4n) is 3.61. The largest absolute Gasteiger partial charge is 3.00 e. The van der Waals surface area contributed by atoms with Crippen LogP contribution in [0.25, 0.3) is 0 Å². The van der Waals surface area contributed by atoms with Crippen molar-refractivity contribution in [1.29, 1.82) is 0 Å². The standard InChI is InChI=1S/C14H12N4.C13H12N5.Ir/c1-2-6-17(5-1)11-13-8-14(10-15-9-13)12-18-7-3-4-16-18;1-3-15-17(5-1)10-12-7-13(9-14-8-12)11-18-6-2-4-16-18;/h1-5,7,9-10H,11-12H2;1-6,8-9H,10-11H2;/q-2;-1;+3. The quantitative estimate of drug-likeness (QED) is 0.233. The zero-order valence-electron chi connectivity index (χ0n) is 19.9. The smallest absolute Gasteiger partial charge is 0.469 e. The summed E-state index contributed by atoms with van der Waals surface area (Å²) in [5, 5.41) is 12.5. The van der Waals surface area contributed by atoms with Crippen molar-refractivity contribution in [2.45, 2.75) is 26.2 Å². The fraction of sp³-hybridized carbons (Fsp3) is 0.148. The Morgan fingerprint density at radius 1 is 0.541 bits per heavy atom. The second-order valence-electron chi connectivity index (χ2n) is 8.04. The van der Waals surface area contributed by atoms with E-state index < -0.39 is 0 Å². The van der Waals surface area contributed by atoms with Crippen molar-refractivity contribution in [3.63, 3.8) is 0 Å². The Balaban J connectivity index is 0.000000168. The average molecular weight is 667 g/mol. The van der Waals surface area contributed by atoms with E-state index in [9.17, 15) is 0 Å². The van der Waals surface area contributed by atoms with Crippen LogP contribution < -0.4 is 0 Å². The number of hydrogen-bond acceptors (Lipinski definition) is 5. The molecule has 186 valence electrons. The molecule has 0 N–H and O–H groups in total. The van der Waals surface area contributed by atoms with E-state index in [2.05, 4.69) is 43.6 Å². The van der Waals surface area contributed by atoms with E-state index in [1.165, 1.54) is 0 Å². The van der Waals surface area contributed by atoms with Crippen LogP contribution in [0.4, 0.5) is 0 Å². The Bertz CT molecular complexity index is 1210. The number of aromatic nitrogens is 9. The van der Waals surface area contributed by atoms with Crippen LogP contribution in [0.2, 0.25) is 0 Å². The van der Waals surface area contributed by atoms with Crippen molar-refractivity contribution in [2.24, 2.45) is 0 Å². The monoisotopic (exact) mass is 667 g/mol. The van der Waals surface area contributed by atoms with Gasteiger partial charge in [0.2, 0.25) is 0 Å². The summed E-state index contributed by atoms with van der Waals surface area (Å²) in [5.74, 6) is 0. The predicted molar refractivity (Wildman–Crippen MR) is 133 cm³/mol. The molecular weight excluding hydrogens is 643 g/mol. The van der Waals surface area contributed by atoms with Gasteiger partial charge in [-0.3, -0.25) is 14.0 Å². The summed E-state index contributed by atoms with van der Waals surface area (Å²) in [4.78, 5) is 8.48. The third-order valence-electron chi connectivity index (χ3n) is 5.18. The molecule has 0 aliphatic rings. The molecule has 0 aliphatic heterocycles. The normalized spacial score (nSPS) is 10.4. The molecule has 0 fully saturated rings. The van der Waals surface area contributed by atoms with Crippen LogP contribution in [0.1, 0.15) is 22.3 Å². The van der Waals surface area contributed by atoms with Crippen LogP contribution in [0.3, 0.4) is 0 Å². The van der Waals surface area contributed by atoms with Gasteiger partial charge in [0.15, 0.2) is 0 Å². The Labute approximate surface area is 228 Å². The second-order valence-corrected chi connectivity index (χ2v) is 8.04. The Morgan fingerprint density at radius 2 is 0.973 bits per heavy atom. The zero-order chi connectivity index (χ0) is 24.4. The molecule has 6 heterocycles. The van der Waals surface area contributed by atoms with Crippen LogP contribution in [-0.4, -0.2) is 43.9 Å². The molecule has 0 atom stereocenters. The van der Waals surface area contributed by atoms with E-state index >= 15 is 0 Å². The summed E-state index contributed by atoms with van der Waals surface area (Å²) < 4.78 is 7.54. The van der Waals surface area contributed by atoms with Crippen molar-refractivity contribution in [3.8, 4) is 0 Å². The maximum atomic E-state index is 4.25. The van der Waals surface area contributed by atoms with Crippen molar-refractivity contribution in [3.05, 3.63) is 139 Å². The molecule has 0 aliphatic carbocycles. The van der Waals surface area contributed by atoms with Crippen LogP contribution in [0.15, 0.2) is 98.5 Å². The Hall–Kier alpha value is -4.14. The van der Waals surface area contributed by atoms with Gasteiger partial charge in [0.25, 0.3) is 0 Å². The predicted octanol–water partition coefficient (Wildman–Crippen LogP) is 3.15. The number of pyridine rings is 2. The van der Waals surface area contributed by atoms with Gasteiger partial charge in [-0.05, 0) is 18.2 Å². The molecule has 6 rings (SSSR count). The minimum absolute atomic E-state index is 0. The summed E-state index contributed by atoms with van der Waals surface area (Å²) in [6, 6.07) is 16.3. The van der Waals surface area contributed by atoms with Gasteiger partial charge in [0.05, 0.1) is 0 Å². The topological polar surface area (TPSA) is 84.2 Å². The summed E-state index contributed by atoms with van der Waals surface area (Å²) in [7, 11) is 0. The molecule has 0 aromatic carbocycles. The molecule has 0 amide bonds. The molecule has 9 nitrogen and oxygen atoms in total. The summed E-state index contributed by atoms with van der Waals surface area (Å²) >= 11 is 0. The Morgan fingerprint density at radius 3 is 1.32 bits per heavy atom. The average Bonchev–Trinajstić information content (AvgIpc) is 3.70. The fourth-order valence-corrected chi connectivity index (χ4v) is 3.61. The van der Waals surface area contributed by atoms with Gasteiger partial charge < -0.3 is 14.5 Å². The van der Waals surface area contributed by atoms with Gasteiger partial charge in [-0.15, -0.1) is 34.6 Å². The minimum Gasteiger partial charge on any atom is -0.469 e. The van der Waals surface area contributed by atoms with Gasteiger partial charge in [0.1, 0.15) is 0 Å². The number of rotatable bonds is 8. The molecule has 0 saturated carbocycles. The SMILES string of the molecule is [Ir+3].[c-]1c(Cn2[c-]ccc2)cncc1Cn1cccn1.[c-]1c(Cn2cccn2)cncc1Cn1cccn1. The van der Waals surface area contributed by atoms with Crippen molar-refractivity contribution in [1.82, 2.24) is 43.9 Å². The van der Waals surface area contributed by atoms with E-state index in [1.807, 2.05) is 98.5 Å². The first-order valence-corrected chi connectivity index (χ1v) is 11.5. The maximum absolute atomic E-state index is 4.25. The molecule has 37 heavy (non-hydrogen) atoms. The molecule has 6 aromatic heterocycles. The molecule has 0 saturated heterocycles. The first kappa shape index (κ1) is 25.9. The third kappa shape index (κ3) is 7.93. The van der Waals surface area contributed by atoms with Crippen molar-refractivity contribution >= 4 is 0 Å². The molecule has 0 unspecified atom stereocenters. The summed E-state index contributed by atoms with van der Waals surface area (Å²) in [6.45, 7) is 2.82. The van der Waals surface area contributed by atoms with E-state index in [0.29, 0.717) is 19.6 Å². The van der Waals surface area contributed by atoms with Crippen LogP contribution in [-0.2, 0) is 46.3 Å². The summed E-state index contributed by atoms with van der Waals surface area (Å²) in [6.07, 6.45) is 23.4. The molecule has 0 radical (unpaired) electrons. The molecule has 0 spiro atoms. The van der Waals surface area contributed by atoms with Crippen molar-refractivity contribution < 1.29 is 20.1 Å². The maximum Gasteiger partial charge on any atom is 3.00 e. The van der Waals surface area contributed by atoms with Crippen molar-refractivity contribution in [2.75, 3.05) is 0 Å². The van der Waals surface area contributed by atoms with E-state index in [0.717, 1.165) is 28.8 Å². The van der Waals surface area contributed by atoms with Crippen LogP contribution in [0.5, 0.6) is 0 Å². The van der Waals surface area contributed by atoms with Crippen LogP contribution >= 0.6 is 0 Å². The zero-order valence-corrected chi connectivity index (χ0v) is 22.3. The molecule has 6 aromatic rings. The molecule has 0 bridgehead atoms. The van der Waals surface area contributed by atoms with E-state index in [4.69, 9.17) is 0 Å². The van der Waals surface area contributed by atoms with Gasteiger partial charge >= 0.3 is 20.1 Å². The van der Waals surface area contributed by atoms with E-state index in [-0.39, 0.29) is 20.1 Å². The van der Waals surface area contributed by atoms with Gasteiger partial charge in [-0.25, -0.2) is 0 Å². The third-order valence-corrected chi connectivity index (χ3v) is 5.18. The minimum atomic E-state index is 0. The first-order valence-electron chi connectivity index (χ1n) is 11.5. The van der Waals surface area contributed by atoms with Crippen LogP contribution in [0, 0.1) is 18.3 Å². The summed E-state index contributed by atoms with van der Waals surface area (Å²) in [5.41, 5.74) is 4.11. The number of nitrogens with zero attached hydrogens (tertiary/aromatic N) is 9. The van der Waals surface area contributed by atoms with Gasteiger partial charge in [-0.2, -0.15) is 39.6 Å². The number of hydrogen-bond donors (Lipinski definition) is 0. The Kier molecular flexibility index (Phi) is 9.29. The molecular formula is C27H24IrN9. The van der Waals surface area contributed by atoms with Gasteiger partial charge in [0, 0.05) is 63.4 Å². The van der Waals surface area contributed by atoms with Gasteiger partial charge in [-0.1, -0.05) is 24.8 Å². The van der Waals surface area contributed by atoms with E-state index in [1.54, 1.807) is 18.6 Å².